The molecule has 2 atom stereocenters. The second-order valence-corrected chi connectivity index (χ2v) is 4.54. The molecule has 2 N–H and O–H groups in total. The van der Waals surface area contributed by atoms with Crippen molar-refractivity contribution in [2.75, 3.05) is 6.54 Å². The molecule has 76 valence electrons. The van der Waals surface area contributed by atoms with Crippen LogP contribution in [0.5, 0.6) is 0 Å². The quantitative estimate of drug-likeness (QED) is 0.666. The van der Waals surface area contributed by atoms with E-state index in [0.717, 1.165) is 24.3 Å². The minimum Gasteiger partial charge on any atom is -0.330 e. The maximum Gasteiger partial charge on any atom is -0.00772 e. The molecule has 1 nitrogen and oxygen atoms in total. The van der Waals surface area contributed by atoms with E-state index in [1.165, 1.54) is 12.8 Å². The van der Waals surface area contributed by atoms with E-state index in [1.54, 1.807) is 11.1 Å². The van der Waals surface area contributed by atoms with Crippen molar-refractivity contribution in [2.45, 2.75) is 40.5 Å². The third-order valence-corrected chi connectivity index (χ3v) is 4.01. The average molecular weight is 181 g/mol. The maximum atomic E-state index is 5.55. The molecule has 1 aliphatic carbocycles. The summed E-state index contributed by atoms with van der Waals surface area (Å²) in [6.45, 7) is 10.2. The predicted octanol–water partition coefficient (Wildman–Crippen LogP) is 2.96. The summed E-state index contributed by atoms with van der Waals surface area (Å²) in [5.74, 6) is 2.41. The fraction of sp³-hybridized carbons (Fsp3) is 0.833. The van der Waals surface area contributed by atoms with Crippen molar-refractivity contribution in [2.24, 2.45) is 23.5 Å². The van der Waals surface area contributed by atoms with Gasteiger partial charge < -0.3 is 5.73 Å². The second-order valence-electron chi connectivity index (χ2n) is 4.54. The van der Waals surface area contributed by atoms with Gasteiger partial charge >= 0.3 is 0 Å². The van der Waals surface area contributed by atoms with Crippen LogP contribution in [-0.4, -0.2) is 6.54 Å². The summed E-state index contributed by atoms with van der Waals surface area (Å²) >= 11 is 0. The summed E-state index contributed by atoms with van der Waals surface area (Å²) in [5.41, 5.74) is 8.79. The Kier molecular flexibility index (Phi) is 3.55. The van der Waals surface area contributed by atoms with Crippen molar-refractivity contribution in [3.63, 3.8) is 0 Å². The Morgan fingerprint density at radius 3 is 1.92 bits per heavy atom. The van der Waals surface area contributed by atoms with Crippen molar-refractivity contribution in [3.8, 4) is 0 Å². The van der Waals surface area contributed by atoms with Gasteiger partial charge in [-0.05, 0) is 51.0 Å². The minimum absolute atomic E-state index is 0.779. The highest BCUT2D eigenvalue weighted by Crippen LogP contribution is 2.43. The highest BCUT2D eigenvalue weighted by atomic mass is 14.5. The molecule has 1 aliphatic rings. The van der Waals surface area contributed by atoms with Crippen LogP contribution in [0.4, 0.5) is 0 Å². The van der Waals surface area contributed by atoms with Gasteiger partial charge in [0.1, 0.15) is 0 Å². The molecule has 0 aliphatic heterocycles. The summed E-state index contributed by atoms with van der Waals surface area (Å²) in [7, 11) is 0. The van der Waals surface area contributed by atoms with Gasteiger partial charge in [-0.1, -0.05) is 25.0 Å². The molecule has 0 aromatic heterocycles. The Morgan fingerprint density at radius 1 is 1.08 bits per heavy atom. The van der Waals surface area contributed by atoms with Gasteiger partial charge in [0.25, 0.3) is 0 Å². The first-order chi connectivity index (χ1) is 6.09. The number of hydrogen-bond acceptors (Lipinski definition) is 1. The Morgan fingerprint density at radius 2 is 1.54 bits per heavy atom. The van der Waals surface area contributed by atoms with Gasteiger partial charge in [0, 0.05) is 0 Å². The van der Waals surface area contributed by atoms with E-state index in [0.29, 0.717) is 0 Å². The lowest BCUT2D eigenvalue weighted by Gasteiger charge is -2.21. The first-order valence-corrected chi connectivity index (χ1v) is 5.47. The van der Waals surface area contributed by atoms with Crippen molar-refractivity contribution in [1.82, 2.24) is 0 Å². The lowest BCUT2D eigenvalue weighted by Crippen LogP contribution is -2.15. The highest BCUT2D eigenvalue weighted by molar-refractivity contribution is 5.23. The fourth-order valence-corrected chi connectivity index (χ4v) is 2.65. The van der Waals surface area contributed by atoms with Crippen LogP contribution in [0.15, 0.2) is 11.1 Å². The molecule has 0 saturated heterocycles. The first-order valence-electron chi connectivity index (χ1n) is 5.47. The van der Waals surface area contributed by atoms with Gasteiger partial charge in [-0.2, -0.15) is 0 Å². The van der Waals surface area contributed by atoms with Crippen LogP contribution in [0.3, 0.4) is 0 Å². The van der Waals surface area contributed by atoms with Crippen molar-refractivity contribution in [1.29, 1.82) is 0 Å². The number of hydrogen-bond donors (Lipinski definition) is 1. The van der Waals surface area contributed by atoms with Gasteiger partial charge in [0.2, 0.25) is 0 Å². The lowest BCUT2D eigenvalue weighted by atomic mass is 9.84. The largest absolute Gasteiger partial charge is 0.330 e. The van der Waals surface area contributed by atoms with Crippen LogP contribution in [0.25, 0.3) is 0 Å². The zero-order chi connectivity index (χ0) is 10.0. The van der Waals surface area contributed by atoms with Gasteiger partial charge in [0.15, 0.2) is 0 Å². The summed E-state index contributed by atoms with van der Waals surface area (Å²) in [6, 6.07) is 0. The molecule has 0 spiro atoms. The molecular weight excluding hydrogens is 158 g/mol. The third-order valence-electron chi connectivity index (χ3n) is 4.01. The van der Waals surface area contributed by atoms with E-state index in [9.17, 15) is 0 Å². The minimum atomic E-state index is 0.779. The normalized spacial score (nSPS) is 34.4. The average Bonchev–Trinajstić information content (AvgIpc) is 2.30. The lowest BCUT2D eigenvalue weighted by molar-refractivity contribution is 0.326. The molecule has 13 heavy (non-hydrogen) atoms. The molecule has 0 aromatic carbocycles. The van der Waals surface area contributed by atoms with E-state index < -0.39 is 0 Å². The van der Waals surface area contributed by atoms with Gasteiger partial charge in [0.05, 0.1) is 0 Å². The predicted molar refractivity (Wildman–Crippen MR) is 58.5 cm³/mol. The molecule has 0 saturated carbocycles. The number of nitrogens with two attached hydrogens (primary N) is 1. The molecule has 0 aromatic rings. The Labute approximate surface area is 82.4 Å². The van der Waals surface area contributed by atoms with Crippen LogP contribution in [0.1, 0.15) is 40.5 Å². The first kappa shape index (κ1) is 10.8. The fourth-order valence-electron chi connectivity index (χ4n) is 2.65. The van der Waals surface area contributed by atoms with Crippen LogP contribution in [0.2, 0.25) is 0 Å². The van der Waals surface area contributed by atoms with Crippen molar-refractivity contribution >= 4 is 0 Å². The number of allylic oxidation sites excluding steroid dienone is 2. The van der Waals surface area contributed by atoms with E-state index >= 15 is 0 Å². The van der Waals surface area contributed by atoms with E-state index in [-0.39, 0.29) is 0 Å². The topological polar surface area (TPSA) is 26.0 Å². The monoisotopic (exact) mass is 181 g/mol. The van der Waals surface area contributed by atoms with Crippen LogP contribution < -0.4 is 5.73 Å². The Hall–Kier alpha value is -0.300. The number of rotatable bonds is 3. The summed E-state index contributed by atoms with van der Waals surface area (Å²) in [5, 5.41) is 0. The smallest absolute Gasteiger partial charge is 0.00772 e. The molecular formula is C12H23N. The second kappa shape index (κ2) is 4.28. The molecule has 0 radical (unpaired) electrons. The SMILES string of the molecule is CC1=C(C)C(C)C(CCCN)C1C. The van der Waals surface area contributed by atoms with Crippen LogP contribution >= 0.6 is 0 Å². The molecule has 0 fully saturated rings. The zero-order valence-corrected chi connectivity index (χ0v) is 9.43. The standard InChI is InChI=1S/C12H23N/c1-8-9(2)11(4)12(10(8)3)6-5-7-13/h10-12H,5-7,13H2,1-4H3. The molecule has 0 heterocycles. The van der Waals surface area contributed by atoms with Crippen LogP contribution in [0, 0.1) is 17.8 Å². The van der Waals surface area contributed by atoms with E-state index in [1.807, 2.05) is 0 Å². The van der Waals surface area contributed by atoms with E-state index in [2.05, 4.69) is 27.7 Å². The van der Waals surface area contributed by atoms with E-state index in [4.69, 9.17) is 5.73 Å². The van der Waals surface area contributed by atoms with Gasteiger partial charge in [-0.25, -0.2) is 0 Å². The molecule has 0 amide bonds. The van der Waals surface area contributed by atoms with Crippen LogP contribution in [-0.2, 0) is 0 Å². The maximum absolute atomic E-state index is 5.55. The summed E-state index contributed by atoms with van der Waals surface area (Å²) in [4.78, 5) is 0. The highest BCUT2D eigenvalue weighted by Gasteiger charge is 2.32. The molecule has 0 bridgehead atoms. The Bertz CT molecular complexity index is 187. The molecule has 2 unspecified atom stereocenters. The Balaban J connectivity index is 2.61. The van der Waals surface area contributed by atoms with Crippen molar-refractivity contribution < 1.29 is 0 Å². The van der Waals surface area contributed by atoms with Crippen molar-refractivity contribution in [3.05, 3.63) is 11.1 Å². The summed E-state index contributed by atoms with van der Waals surface area (Å²) < 4.78 is 0. The third kappa shape index (κ3) is 1.96. The summed E-state index contributed by atoms with van der Waals surface area (Å²) in [6.07, 6.45) is 2.48. The van der Waals surface area contributed by atoms with Gasteiger partial charge in [-0.3, -0.25) is 0 Å². The molecule has 1 rings (SSSR count). The molecule has 1 heteroatoms. The van der Waals surface area contributed by atoms with Gasteiger partial charge in [-0.15, -0.1) is 0 Å². The zero-order valence-electron chi connectivity index (χ0n) is 9.43.